The molecule has 0 fully saturated rings. The Morgan fingerprint density at radius 2 is 1.89 bits per heavy atom. The van der Waals surface area contributed by atoms with Gasteiger partial charge in [0, 0.05) is 6.20 Å². The van der Waals surface area contributed by atoms with Crippen molar-refractivity contribution in [3.05, 3.63) is 77.3 Å². The standard InChI is InChI=1S/C21H18N4OS/c1-14-22-10-9-17(24-14)13-23-20(26)12-21-25-18-8-7-16(11-19(18)27-21)15-5-3-2-4-6-15/h2-11H,12-13H2,1H3,(H,23,26). The van der Waals surface area contributed by atoms with Crippen molar-refractivity contribution in [2.24, 2.45) is 0 Å². The molecule has 0 saturated heterocycles. The van der Waals surface area contributed by atoms with E-state index in [2.05, 4.69) is 44.5 Å². The second-order valence-corrected chi connectivity index (χ2v) is 7.32. The van der Waals surface area contributed by atoms with Crippen molar-refractivity contribution >= 4 is 27.5 Å². The highest BCUT2D eigenvalue weighted by Gasteiger charge is 2.10. The van der Waals surface area contributed by atoms with Crippen LogP contribution in [0.5, 0.6) is 0 Å². The molecule has 1 amide bonds. The summed E-state index contributed by atoms with van der Waals surface area (Å²) in [5.74, 6) is 0.635. The van der Waals surface area contributed by atoms with Crippen LogP contribution in [-0.2, 0) is 17.8 Å². The molecule has 1 N–H and O–H groups in total. The molecule has 27 heavy (non-hydrogen) atoms. The summed E-state index contributed by atoms with van der Waals surface area (Å²) >= 11 is 1.56. The van der Waals surface area contributed by atoms with E-state index in [0.717, 1.165) is 26.5 Å². The van der Waals surface area contributed by atoms with Gasteiger partial charge < -0.3 is 5.32 Å². The van der Waals surface area contributed by atoms with E-state index in [0.29, 0.717) is 12.4 Å². The van der Waals surface area contributed by atoms with Gasteiger partial charge in [0.05, 0.1) is 28.9 Å². The van der Waals surface area contributed by atoms with Gasteiger partial charge in [0.1, 0.15) is 10.8 Å². The van der Waals surface area contributed by atoms with Gasteiger partial charge in [-0.05, 0) is 36.2 Å². The Morgan fingerprint density at radius 1 is 1.04 bits per heavy atom. The number of benzene rings is 2. The molecule has 134 valence electrons. The summed E-state index contributed by atoms with van der Waals surface area (Å²) in [6, 6.07) is 18.3. The lowest BCUT2D eigenvalue weighted by Crippen LogP contribution is -2.25. The third-order valence-electron chi connectivity index (χ3n) is 4.15. The van der Waals surface area contributed by atoms with Crippen molar-refractivity contribution in [2.45, 2.75) is 19.9 Å². The van der Waals surface area contributed by atoms with Gasteiger partial charge in [-0.3, -0.25) is 4.79 Å². The van der Waals surface area contributed by atoms with Crippen LogP contribution in [0.3, 0.4) is 0 Å². The summed E-state index contributed by atoms with van der Waals surface area (Å²) in [7, 11) is 0. The Balaban J connectivity index is 1.45. The lowest BCUT2D eigenvalue weighted by atomic mass is 10.1. The number of fused-ring (bicyclic) bond motifs is 1. The van der Waals surface area contributed by atoms with E-state index in [1.165, 1.54) is 5.56 Å². The normalized spacial score (nSPS) is 10.9. The van der Waals surface area contributed by atoms with E-state index in [-0.39, 0.29) is 12.3 Å². The molecule has 2 aromatic heterocycles. The second-order valence-electron chi connectivity index (χ2n) is 6.20. The Bertz CT molecular complexity index is 1090. The van der Waals surface area contributed by atoms with Crippen LogP contribution in [0.1, 0.15) is 16.5 Å². The summed E-state index contributed by atoms with van der Waals surface area (Å²) in [4.78, 5) is 25.2. The fourth-order valence-electron chi connectivity index (χ4n) is 2.85. The Kier molecular flexibility index (Phi) is 4.89. The van der Waals surface area contributed by atoms with Crippen molar-refractivity contribution in [2.75, 3.05) is 0 Å². The first-order chi connectivity index (χ1) is 13.2. The van der Waals surface area contributed by atoms with Crippen molar-refractivity contribution in [1.29, 1.82) is 0 Å². The first kappa shape index (κ1) is 17.3. The molecule has 2 heterocycles. The zero-order chi connectivity index (χ0) is 18.6. The minimum Gasteiger partial charge on any atom is -0.350 e. The lowest BCUT2D eigenvalue weighted by molar-refractivity contribution is -0.120. The predicted octanol–water partition coefficient (Wildman–Crippen LogP) is 3.92. The van der Waals surface area contributed by atoms with Crippen molar-refractivity contribution in [3.63, 3.8) is 0 Å². The average Bonchev–Trinajstić information content (AvgIpc) is 3.08. The number of rotatable bonds is 5. The zero-order valence-electron chi connectivity index (χ0n) is 14.8. The van der Waals surface area contributed by atoms with Gasteiger partial charge >= 0.3 is 0 Å². The number of amides is 1. The zero-order valence-corrected chi connectivity index (χ0v) is 15.7. The van der Waals surface area contributed by atoms with E-state index < -0.39 is 0 Å². The summed E-state index contributed by atoms with van der Waals surface area (Å²) in [5, 5.41) is 3.71. The molecule has 0 bridgehead atoms. The van der Waals surface area contributed by atoms with Crippen LogP contribution in [0.25, 0.3) is 21.3 Å². The van der Waals surface area contributed by atoms with Crippen molar-refractivity contribution < 1.29 is 4.79 Å². The molecular formula is C21H18N4OS. The Hall–Kier alpha value is -3.12. The molecule has 6 heteroatoms. The van der Waals surface area contributed by atoms with Gasteiger partial charge in [-0.15, -0.1) is 11.3 Å². The molecule has 0 saturated carbocycles. The number of hydrogen-bond acceptors (Lipinski definition) is 5. The molecular weight excluding hydrogens is 356 g/mol. The first-order valence-corrected chi connectivity index (χ1v) is 9.49. The number of carbonyl (C=O) groups excluding carboxylic acids is 1. The molecule has 0 aliphatic rings. The van der Waals surface area contributed by atoms with Crippen LogP contribution in [0.4, 0.5) is 0 Å². The van der Waals surface area contributed by atoms with Gasteiger partial charge in [-0.2, -0.15) is 0 Å². The van der Waals surface area contributed by atoms with Gasteiger partial charge in [0.15, 0.2) is 0 Å². The summed E-state index contributed by atoms with van der Waals surface area (Å²) in [6.07, 6.45) is 1.96. The first-order valence-electron chi connectivity index (χ1n) is 8.67. The Morgan fingerprint density at radius 3 is 2.70 bits per heavy atom. The second kappa shape index (κ2) is 7.63. The van der Waals surface area contributed by atoms with Crippen molar-refractivity contribution in [1.82, 2.24) is 20.3 Å². The highest BCUT2D eigenvalue weighted by atomic mass is 32.1. The molecule has 0 radical (unpaired) electrons. The quantitative estimate of drug-likeness (QED) is 0.575. The summed E-state index contributed by atoms with van der Waals surface area (Å²) in [5.41, 5.74) is 4.05. The minimum absolute atomic E-state index is 0.0615. The van der Waals surface area contributed by atoms with Gasteiger partial charge in [-0.1, -0.05) is 36.4 Å². The largest absolute Gasteiger partial charge is 0.350 e. The average molecular weight is 374 g/mol. The topological polar surface area (TPSA) is 67.8 Å². The fourth-order valence-corrected chi connectivity index (χ4v) is 3.86. The third-order valence-corrected chi connectivity index (χ3v) is 5.17. The van der Waals surface area contributed by atoms with Crippen LogP contribution in [0, 0.1) is 6.92 Å². The molecule has 0 spiro atoms. The molecule has 4 aromatic rings. The maximum Gasteiger partial charge on any atom is 0.227 e. The number of aromatic nitrogens is 3. The summed E-state index contributed by atoms with van der Waals surface area (Å²) in [6.45, 7) is 2.22. The Labute approximate surface area is 161 Å². The smallest absolute Gasteiger partial charge is 0.227 e. The fraction of sp³-hybridized carbons (Fsp3) is 0.143. The number of hydrogen-bond donors (Lipinski definition) is 1. The molecule has 0 unspecified atom stereocenters. The van der Waals surface area contributed by atoms with Crippen LogP contribution >= 0.6 is 11.3 Å². The maximum atomic E-state index is 12.2. The van der Waals surface area contributed by atoms with E-state index in [4.69, 9.17) is 0 Å². The molecule has 0 aliphatic heterocycles. The number of nitrogens with one attached hydrogen (secondary N) is 1. The molecule has 0 atom stereocenters. The third kappa shape index (κ3) is 4.17. The SMILES string of the molecule is Cc1nccc(CNC(=O)Cc2nc3ccc(-c4ccccc4)cc3s2)n1. The van der Waals surface area contributed by atoms with Gasteiger partial charge in [0.25, 0.3) is 0 Å². The maximum absolute atomic E-state index is 12.2. The minimum atomic E-state index is -0.0615. The molecule has 4 rings (SSSR count). The van der Waals surface area contributed by atoms with Crippen LogP contribution in [0.15, 0.2) is 60.8 Å². The van der Waals surface area contributed by atoms with Gasteiger partial charge in [0.2, 0.25) is 5.91 Å². The van der Waals surface area contributed by atoms with Crippen LogP contribution in [-0.4, -0.2) is 20.9 Å². The van der Waals surface area contributed by atoms with E-state index in [1.807, 2.05) is 31.2 Å². The number of carbonyl (C=O) groups is 1. The van der Waals surface area contributed by atoms with Crippen molar-refractivity contribution in [3.8, 4) is 11.1 Å². The number of nitrogens with zero attached hydrogens (tertiary/aromatic N) is 3. The summed E-state index contributed by atoms with van der Waals surface area (Å²) < 4.78 is 1.09. The predicted molar refractivity (Wildman–Crippen MR) is 107 cm³/mol. The molecule has 0 aliphatic carbocycles. The van der Waals surface area contributed by atoms with Crippen LogP contribution in [0.2, 0.25) is 0 Å². The van der Waals surface area contributed by atoms with Crippen LogP contribution < -0.4 is 5.32 Å². The molecule has 5 nitrogen and oxygen atoms in total. The van der Waals surface area contributed by atoms with E-state index in [9.17, 15) is 4.79 Å². The highest BCUT2D eigenvalue weighted by Crippen LogP contribution is 2.28. The number of thiazole rings is 1. The monoisotopic (exact) mass is 374 g/mol. The highest BCUT2D eigenvalue weighted by molar-refractivity contribution is 7.18. The molecule has 2 aromatic carbocycles. The van der Waals surface area contributed by atoms with E-state index >= 15 is 0 Å². The van der Waals surface area contributed by atoms with E-state index in [1.54, 1.807) is 23.6 Å². The number of aryl methyl sites for hydroxylation is 1. The van der Waals surface area contributed by atoms with Gasteiger partial charge in [-0.25, -0.2) is 15.0 Å². The lowest BCUT2D eigenvalue weighted by Gasteiger charge is -2.03.